The third-order valence-corrected chi connectivity index (χ3v) is 2.19. The van der Waals surface area contributed by atoms with Gasteiger partial charge in [-0.2, -0.15) is 10.5 Å². The standard InChI is InChI=1S/C12H6N2O/c13-6-8-3-9-1-2-11(15)5-12(9)10(4-8)7-14/h1-5,15H. The van der Waals surface area contributed by atoms with Crippen LogP contribution in [0.4, 0.5) is 0 Å². The van der Waals surface area contributed by atoms with E-state index in [-0.39, 0.29) is 5.75 Å². The maximum absolute atomic E-state index is 9.30. The van der Waals surface area contributed by atoms with Crippen LogP contribution < -0.4 is 0 Å². The Morgan fingerprint density at radius 1 is 1.00 bits per heavy atom. The molecule has 0 amide bonds. The Bertz CT molecular complexity index is 618. The lowest BCUT2D eigenvalue weighted by Gasteiger charge is -2.01. The molecule has 15 heavy (non-hydrogen) atoms. The largest absolute Gasteiger partial charge is 0.508 e. The molecule has 0 fully saturated rings. The Kier molecular flexibility index (Phi) is 2.00. The number of fused-ring (bicyclic) bond motifs is 1. The van der Waals surface area contributed by atoms with Gasteiger partial charge in [-0.05, 0) is 29.7 Å². The van der Waals surface area contributed by atoms with Crippen molar-refractivity contribution < 1.29 is 5.11 Å². The van der Waals surface area contributed by atoms with Gasteiger partial charge in [0, 0.05) is 5.39 Å². The molecule has 0 aromatic heterocycles. The zero-order chi connectivity index (χ0) is 10.8. The number of phenolic OH excluding ortho intramolecular Hbond substituents is 1. The van der Waals surface area contributed by atoms with Crippen molar-refractivity contribution in [1.82, 2.24) is 0 Å². The second-order valence-electron chi connectivity index (χ2n) is 3.15. The van der Waals surface area contributed by atoms with Crippen molar-refractivity contribution in [2.75, 3.05) is 0 Å². The number of hydrogen-bond donors (Lipinski definition) is 1. The molecule has 0 radical (unpaired) electrons. The van der Waals surface area contributed by atoms with E-state index in [4.69, 9.17) is 10.5 Å². The molecule has 0 saturated heterocycles. The van der Waals surface area contributed by atoms with Crippen molar-refractivity contribution in [2.24, 2.45) is 0 Å². The van der Waals surface area contributed by atoms with Gasteiger partial charge in [-0.15, -0.1) is 0 Å². The van der Waals surface area contributed by atoms with Crippen LogP contribution in [-0.4, -0.2) is 5.11 Å². The molecule has 3 nitrogen and oxygen atoms in total. The normalized spacial score (nSPS) is 9.47. The summed E-state index contributed by atoms with van der Waals surface area (Å²) in [4.78, 5) is 0. The lowest BCUT2D eigenvalue weighted by Crippen LogP contribution is -1.83. The number of benzene rings is 2. The summed E-state index contributed by atoms with van der Waals surface area (Å²) in [6, 6.07) is 12.0. The first-order valence-electron chi connectivity index (χ1n) is 4.31. The van der Waals surface area contributed by atoms with Crippen molar-refractivity contribution in [3.63, 3.8) is 0 Å². The van der Waals surface area contributed by atoms with Crippen LogP contribution in [0.3, 0.4) is 0 Å². The molecule has 0 unspecified atom stereocenters. The highest BCUT2D eigenvalue weighted by Gasteiger charge is 2.04. The molecule has 0 heterocycles. The van der Waals surface area contributed by atoms with Gasteiger partial charge < -0.3 is 5.11 Å². The SMILES string of the molecule is N#Cc1cc(C#N)c2cc(O)ccc2c1. The number of aromatic hydroxyl groups is 1. The number of phenols is 1. The van der Waals surface area contributed by atoms with E-state index in [9.17, 15) is 5.11 Å². The highest BCUT2D eigenvalue weighted by molar-refractivity contribution is 5.90. The van der Waals surface area contributed by atoms with Crippen LogP contribution in [0.2, 0.25) is 0 Å². The quantitative estimate of drug-likeness (QED) is 0.699. The van der Waals surface area contributed by atoms with E-state index in [2.05, 4.69) is 0 Å². The molecule has 3 heteroatoms. The van der Waals surface area contributed by atoms with Gasteiger partial charge in [0.05, 0.1) is 23.3 Å². The Morgan fingerprint density at radius 3 is 2.47 bits per heavy atom. The zero-order valence-corrected chi connectivity index (χ0v) is 7.73. The molecule has 2 aromatic rings. The van der Waals surface area contributed by atoms with E-state index in [0.717, 1.165) is 5.39 Å². The highest BCUT2D eigenvalue weighted by Crippen LogP contribution is 2.24. The first kappa shape index (κ1) is 9.05. The topological polar surface area (TPSA) is 67.8 Å². The molecular formula is C12H6N2O. The molecule has 2 aromatic carbocycles. The maximum atomic E-state index is 9.30. The fraction of sp³-hybridized carbons (Fsp3) is 0. The molecule has 0 saturated carbocycles. The Morgan fingerprint density at radius 2 is 1.80 bits per heavy atom. The van der Waals surface area contributed by atoms with E-state index in [1.54, 1.807) is 12.1 Å². The summed E-state index contributed by atoms with van der Waals surface area (Å²) >= 11 is 0. The molecule has 1 N–H and O–H groups in total. The van der Waals surface area contributed by atoms with Gasteiger partial charge in [0.15, 0.2) is 0 Å². The second kappa shape index (κ2) is 3.32. The summed E-state index contributed by atoms with van der Waals surface area (Å²) in [5.41, 5.74) is 0.852. The number of rotatable bonds is 0. The molecule has 0 spiro atoms. The molecule has 2 rings (SSSR count). The molecular weight excluding hydrogens is 188 g/mol. The van der Waals surface area contributed by atoms with Crippen LogP contribution in [0.1, 0.15) is 11.1 Å². The minimum Gasteiger partial charge on any atom is -0.508 e. The van der Waals surface area contributed by atoms with Crippen LogP contribution >= 0.6 is 0 Å². The number of hydrogen-bond acceptors (Lipinski definition) is 3. The predicted molar refractivity (Wildman–Crippen MR) is 55.0 cm³/mol. The fourth-order valence-electron chi connectivity index (χ4n) is 1.50. The van der Waals surface area contributed by atoms with Gasteiger partial charge in [0.2, 0.25) is 0 Å². The average molecular weight is 194 g/mol. The summed E-state index contributed by atoms with van der Waals surface area (Å²) in [7, 11) is 0. The summed E-state index contributed by atoms with van der Waals surface area (Å²) in [6.07, 6.45) is 0. The molecule has 0 bridgehead atoms. The van der Waals surface area contributed by atoms with Crippen LogP contribution in [-0.2, 0) is 0 Å². The summed E-state index contributed by atoms with van der Waals surface area (Å²) in [6.45, 7) is 0. The summed E-state index contributed by atoms with van der Waals surface area (Å²) in [5.74, 6) is 0.115. The van der Waals surface area contributed by atoms with Gasteiger partial charge >= 0.3 is 0 Å². The van der Waals surface area contributed by atoms with E-state index >= 15 is 0 Å². The molecule has 0 atom stereocenters. The second-order valence-corrected chi connectivity index (χ2v) is 3.15. The van der Waals surface area contributed by atoms with Crippen LogP contribution in [0.25, 0.3) is 10.8 Å². The fourth-order valence-corrected chi connectivity index (χ4v) is 1.50. The van der Waals surface area contributed by atoms with Crippen molar-refractivity contribution in [3.05, 3.63) is 41.5 Å². The highest BCUT2D eigenvalue weighted by atomic mass is 16.3. The van der Waals surface area contributed by atoms with E-state index in [0.29, 0.717) is 16.5 Å². The third-order valence-electron chi connectivity index (χ3n) is 2.19. The van der Waals surface area contributed by atoms with Crippen molar-refractivity contribution >= 4 is 10.8 Å². The Labute approximate surface area is 86.4 Å². The van der Waals surface area contributed by atoms with Gasteiger partial charge in [0.25, 0.3) is 0 Å². The first-order chi connectivity index (χ1) is 7.24. The molecule has 0 aliphatic carbocycles. The Balaban J connectivity index is 2.90. The lowest BCUT2D eigenvalue weighted by molar-refractivity contribution is 0.476. The van der Waals surface area contributed by atoms with Crippen molar-refractivity contribution in [3.8, 4) is 17.9 Å². The van der Waals surface area contributed by atoms with Crippen LogP contribution in [0, 0.1) is 22.7 Å². The van der Waals surface area contributed by atoms with E-state index < -0.39 is 0 Å². The number of nitriles is 2. The molecule has 0 aliphatic rings. The zero-order valence-electron chi connectivity index (χ0n) is 7.73. The molecule has 0 aliphatic heterocycles. The van der Waals surface area contributed by atoms with Gasteiger partial charge in [0.1, 0.15) is 5.75 Å². The summed E-state index contributed by atoms with van der Waals surface area (Å²) in [5, 5.41) is 28.4. The lowest BCUT2D eigenvalue weighted by atomic mass is 10.0. The van der Waals surface area contributed by atoms with E-state index in [1.807, 2.05) is 12.1 Å². The monoisotopic (exact) mass is 194 g/mol. The predicted octanol–water partition coefficient (Wildman–Crippen LogP) is 2.29. The van der Waals surface area contributed by atoms with Gasteiger partial charge in [-0.25, -0.2) is 0 Å². The molecule has 70 valence electrons. The van der Waals surface area contributed by atoms with E-state index in [1.165, 1.54) is 18.2 Å². The van der Waals surface area contributed by atoms with Gasteiger partial charge in [-0.3, -0.25) is 0 Å². The Hall–Kier alpha value is -2.52. The first-order valence-corrected chi connectivity index (χ1v) is 4.31. The minimum absolute atomic E-state index is 0.115. The van der Waals surface area contributed by atoms with Crippen LogP contribution in [0.5, 0.6) is 5.75 Å². The van der Waals surface area contributed by atoms with Crippen LogP contribution in [0.15, 0.2) is 30.3 Å². The van der Waals surface area contributed by atoms with Gasteiger partial charge in [-0.1, -0.05) is 6.07 Å². The number of nitrogens with zero attached hydrogens (tertiary/aromatic N) is 2. The average Bonchev–Trinajstić information content (AvgIpc) is 2.27. The maximum Gasteiger partial charge on any atom is 0.116 e. The van der Waals surface area contributed by atoms with Crippen molar-refractivity contribution in [2.45, 2.75) is 0 Å². The summed E-state index contributed by atoms with van der Waals surface area (Å²) < 4.78 is 0. The third kappa shape index (κ3) is 1.47. The van der Waals surface area contributed by atoms with Crippen molar-refractivity contribution in [1.29, 1.82) is 10.5 Å². The smallest absolute Gasteiger partial charge is 0.116 e. The minimum atomic E-state index is 0.115.